The molecule has 0 amide bonds. The van der Waals surface area contributed by atoms with E-state index in [2.05, 4.69) is 187 Å². The van der Waals surface area contributed by atoms with E-state index in [4.69, 9.17) is 4.98 Å². The van der Waals surface area contributed by atoms with Crippen molar-refractivity contribution < 1.29 is 0 Å². The fourth-order valence-corrected chi connectivity index (χ4v) is 9.50. The van der Waals surface area contributed by atoms with Crippen molar-refractivity contribution in [3.63, 3.8) is 0 Å². The van der Waals surface area contributed by atoms with Gasteiger partial charge in [-0.2, -0.15) is 0 Å². The number of nitrogens with zero attached hydrogens (tertiary/aromatic N) is 2. The third-order valence-corrected chi connectivity index (χ3v) is 12.0. The van der Waals surface area contributed by atoms with Crippen LogP contribution >= 0.6 is 22.7 Å². The van der Waals surface area contributed by atoms with Crippen molar-refractivity contribution in [2.24, 2.45) is 0 Å². The first-order valence-electron chi connectivity index (χ1n) is 17.1. The molecule has 0 radical (unpaired) electrons. The minimum absolute atomic E-state index is 1.05. The Balaban J connectivity index is 1.18. The quantitative estimate of drug-likeness (QED) is 0.173. The molecule has 0 unspecified atom stereocenters. The summed E-state index contributed by atoms with van der Waals surface area (Å²) in [5, 5.41) is 6.08. The summed E-state index contributed by atoms with van der Waals surface area (Å²) in [6.07, 6.45) is 0. The summed E-state index contributed by atoms with van der Waals surface area (Å²) in [7, 11) is 0. The number of para-hydroxylation sites is 1. The molecule has 10 rings (SSSR count). The van der Waals surface area contributed by atoms with Gasteiger partial charge in [-0.1, -0.05) is 127 Å². The summed E-state index contributed by atoms with van der Waals surface area (Å²) in [6.45, 7) is 0. The van der Waals surface area contributed by atoms with Crippen molar-refractivity contribution in [1.29, 1.82) is 0 Å². The molecule has 0 fully saturated rings. The Morgan fingerprint density at radius 2 is 1.08 bits per heavy atom. The maximum Gasteiger partial charge on any atom is 0.124 e. The van der Waals surface area contributed by atoms with E-state index in [1.807, 2.05) is 11.3 Å². The highest BCUT2D eigenvalue weighted by atomic mass is 32.1. The van der Waals surface area contributed by atoms with Crippen LogP contribution in [0.4, 0.5) is 17.1 Å². The molecule has 0 spiro atoms. The van der Waals surface area contributed by atoms with E-state index in [1.165, 1.54) is 57.9 Å². The van der Waals surface area contributed by atoms with E-state index in [-0.39, 0.29) is 0 Å². The smallest absolute Gasteiger partial charge is 0.124 e. The van der Waals surface area contributed by atoms with Gasteiger partial charge < -0.3 is 4.90 Å². The highest BCUT2D eigenvalue weighted by molar-refractivity contribution is 7.28. The summed E-state index contributed by atoms with van der Waals surface area (Å²) >= 11 is 3.64. The normalized spacial score (nSPS) is 11.5. The van der Waals surface area contributed by atoms with Crippen molar-refractivity contribution in [2.75, 3.05) is 4.90 Å². The van der Waals surface area contributed by atoms with Crippen LogP contribution < -0.4 is 4.90 Å². The maximum atomic E-state index is 5.08. The number of thiazole rings is 1. The van der Waals surface area contributed by atoms with Crippen molar-refractivity contribution in [1.82, 2.24) is 4.98 Å². The summed E-state index contributed by atoms with van der Waals surface area (Å²) in [5.41, 5.74) is 10.3. The molecule has 240 valence electrons. The lowest BCUT2D eigenvalue weighted by atomic mass is 9.98. The number of anilines is 3. The van der Waals surface area contributed by atoms with Gasteiger partial charge in [0.2, 0.25) is 0 Å². The molecule has 10 aromatic rings. The third-order valence-electron chi connectivity index (χ3n) is 9.69. The highest BCUT2D eigenvalue weighted by Crippen LogP contribution is 2.47. The molecular formula is C47H30N2S2. The number of hydrogen-bond donors (Lipinski definition) is 0. The molecule has 0 bridgehead atoms. The molecule has 0 saturated heterocycles. The first kappa shape index (κ1) is 29.8. The molecule has 0 aliphatic rings. The molecule has 2 heterocycles. The Hall–Kier alpha value is -6.07. The predicted molar refractivity (Wildman–Crippen MR) is 221 cm³/mol. The van der Waals surface area contributed by atoms with Crippen LogP contribution in [0.25, 0.3) is 74.0 Å². The second-order valence-electron chi connectivity index (χ2n) is 12.8. The van der Waals surface area contributed by atoms with Gasteiger partial charge in [-0.3, -0.25) is 0 Å². The van der Waals surface area contributed by atoms with Gasteiger partial charge in [0.1, 0.15) is 5.01 Å². The largest absolute Gasteiger partial charge is 0.310 e. The summed E-state index contributed by atoms with van der Waals surface area (Å²) < 4.78 is 3.80. The minimum Gasteiger partial charge on any atom is -0.310 e. The molecule has 0 N–H and O–H groups in total. The van der Waals surface area contributed by atoms with E-state index in [1.54, 1.807) is 11.3 Å². The lowest BCUT2D eigenvalue weighted by Crippen LogP contribution is -2.11. The first-order valence-corrected chi connectivity index (χ1v) is 18.8. The molecule has 0 aliphatic heterocycles. The molecule has 51 heavy (non-hydrogen) atoms. The van der Waals surface area contributed by atoms with E-state index < -0.39 is 0 Å². The Morgan fingerprint density at radius 3 is 1.90 bits per heavy atom. The Kier molecular flexibility index (Phi) is 7.23. The number of hydrogen-bond acceptors (Lipinski definition) is 4. The standard InChI is InChI=1S/C47H30N2S2/c1-3-11-31(12-4-1)33-21-23-37(24-22-33)49(42-18-10-9-17-39(42)36-20-19-32-13-7-8-16-35(32)29-36)38-25-27-43-40(30-38)45-44(50-43)28-26-41-46(45)51-47(48-41)34-14-5-2-6-15-34/h1-30H. The van der Waals surface area contributed by atoms with E-state index in [0.717, 1.165) is 33.1 Å². The Bertz CT molecular complexity index is 2850. The molecule has 4 heteroatoms. The minimum atomic E-state index is 1.05. The molecule has 0 aliphatic carbocycles. The number of aromatic nitrogens is 1. The number of rotatable bonds is 6. The van der Waals surface area contributed by atoms with E-state index >= 15 is 0 Å². The van der Waals surface area contributed by atoms with Crippen LogP contribution in [-0.4, -0.2) is 4.98 Å². The van der Waals surface area contributed by atoms with Gasteiger partial charge in [-0.25, -0.2) is 4.98 Å². The number of benzene rings is 8. The van der Waals surface area contributed by atoms with E-state index in [9.17, 15) is 0 Å². The van der Waals surface area contributed by atoms with Crippen LogP contribution in [0.1, 0.15) is 0 Å². The molecule has 8 aromatic carbocycles. The van der Waals surface area contributed by atoms with Gasteiger partial charge in [0.05, 0.1) is 15.9 Å². The molecule has 2 nitrogen and oxygen atoms in total. The molecular weight excluding hydrogens is 657 g/mol. The zero-order chi connectivity index (χ0) is 33.7. The Labute approximate surface area is 304 Å². The van der Waals surface area contributed by atoms with Crippen molar-refractivity contribution in [3.8, 4) is 32.8 Å². The summed E-state index contributed by atoms with van der Waals surface area (Å²) in [5.74, 6) is 0. The van der Waals surface area contributed by atoms with Crippen molar-refractivity contribution in [3.05, 3.63) is 182 Å². The lowest BCUT2D eigenvalue weighted by Gasteiger charge is -2.28. The summed E-state index contributed by atoms with van der Waals surface area (Å²) in [6, 6.07) is 65.6. The van der Waals surface area contributed by atoms with Gasteiger partial charge in [-0.15, -0.1) is 22.7 Å². The monoisotopic (exact) mass is 686 g/mol. The number of fused-ring (bicyclic) bond motifs is 6. The summed E-state index contributed by atoms with van der Waals surface area (Å²) in [4.78, 5) is 7.51. The number of thiophene rings is 1. The van der Waals surface area contributed by atoms with Gasteiger partial charge >= 0.3 is 0 Å². The van der Waals surface area contributed by atoms with Crippen LogP contribution in [-0.2, 0) is 0 Å². The van der Waals surface area contributed by atoms with Gasteiger partial charge in [0.25, 0.3) is 0 Å². The third kappa shape index (κ3) is 5.28. The molecule has 0 atom stereocenters. The maximum absolute atomic E-state index is 5.08. The zero-order valence-corrected chi connectivity index (χ0v) is 29.2. The highest BCUT2D eigenvalue weighted by Gasteiger charge is 2.20. The topological polar surface area (TPSA) is 16.1 Å². The van der Waals surface area contributed by atoms with Crippen LogP contribution in [0.15, 0.2) is 182 Å². The first-order chi connectivity index (χ1) is 25.3. The fraction of sp³-hybridized carbons (Fsp3) is 0. The van der Waals surface area contributed by atoms with Crippen molar-refractivity contribution in [2.45, 2.75) is 0 Å². The zero-order valence-electron chi connectivity index (χ0n) is 27.5. The van der Waals surface area contributed by atoms with Gasteiger partial charge in [-0.05, 0) is 82.1 Å². The second kappa shape index (κ2) is 12.4. The fourth-order valence-electron chi connectivity index (χ4n) is 7.21. The average molecular weight is 687 g/mol. The van der Waals surface area contributed by atoms with Crippen molar-refractivity contribution >= 4 is 80.9 Å². The van der Waals surface area contributed by atoms with Crippen LogP contribution in [0, 0.1) is 0 Å². The van der Waals surface area contributed by atoms with Gasteiger partial charge in [0, 0.05) is 42.7 Å². The predicted octanol–water partition coefficient (Wildman–Crippen LogP) is 14.3. The second-order valence-corrected chi connectivity index (χ2v) is 14.9. The van der Waals surface area contributed by atoms with Crippen LogP contribution in [0.3, 0.4) is 0 Å². The molecule has 0 saturated carbocycles. The average Bonchev–Trinajstić information content (AvgIpc) is 3.81. The van der Waals surface area contributed by atoms with Gasteiger partial charge in [0.15, 0.2) is 0 Å². The van der Waals surface area contributed by atoms with E-state index in [0.29, 0.717) is 0 Å². The van der Waals surface area contributed by atoms with Crippen LogP contribution in [0.2, 0.25) is 0 Å². The molecule has 2 aromatic heterocycles. The lowest BCUT2D eigenvalue weighted by molar-refractivity contribution is 1.29. The van der Waals surface area contributed by atoms with Crippen LogP contribution in [0.5, 0.6) is 0 Å². The SMILES string of the molecule is c1ccc(-c2ccc(N(c3ccc4sc5ccc6nc(-c7ccccc7)sc6c5c4c3)c3ccccc3-c3ccc4ccccc4c3)cc2)cc1. The Morgan fingerprint density at radius 1 is 0.431 bits per heavy atom.